The predicted molar refractivity (Wildman–Crippen MR) is 65.4 cm³/mol. The zero-order valence-corrected chi connectivity index (χ0v) is 11.4. The molecule has 0 aromatic heterocycles. The Balaban J connectivity index is 1.77. The molecule has 1 unspecified atom stereocenters. The third-order valence-corrected chi connectivity index (χ3v) is 4.72. The Hall–Kier alpha value is -1.18. The van der Waals surface area contributed by atoms with Crippen LogP contribution in [0.25, 0.3) is 0 Å². The van der Waals surface area contributed by atoms with E-state index in [4.69, 9.17) is 0 Å². The van der Waals surface area contributed by atoms with Gasteiger partial charge in [-0.2, -0.15) is 8.42 Å². The van der Waals surface area contributed by atoms with Crippen molar-refractivity contribution in [1.29, 1.82) is 0 Å². The summed E-state index contributed by atoms with van der Waals surface area (Å²) in [6.45, 7) is 1.60. The number of carbonyl (C=O) groups excluding carboxylic acids is 2. The zero-order chi connectivity index (χ0) is 14.0. The number of amides is 2. The van der Waals surface area contributed by atoms with Gasteiger partial charge in [-0.3, -0.25) is 9.59 Å². The Bertz CT molecular complexity index is 479. The molecule has 8 heteroatoms. The van der Waals surface area contributed by atoms with Gasteiger partial charge in [0.15, 0.2) is 0 Å². The summed E-state index contributed by atoms with van der Waals surface area (Å²) in [6, 6.07) is 0. The van der Waals surface area contributed by atoms with Gasteiger partial charge in [-0.25, -0.2) is 0 Å². The maximum absolute atomic E-state index is 12.8. The van der Waals surface area contributed by atoms with Gasteiger partial charge in [-0.1, -0.05) is 0 Å². The Morgan fingerprint density at radius 2 is 1.84 bits per heavy atom. The zero-order valence-electron chi connectivity index (χ0n) is 10.5. The third kappa shape index (κ3) is 3.43. The summed E-state index contributed by atoms with van der Waals surface area (Å²) >= 11 is 0. The smallest absolute Gasteiger partial charge is 0.307 e. The van der Waals surface area contributed by atoms with E-state index in [-0.39, 0.29) is 24.8 Å². The van der Waals surface area contributed by atoms with Crippen molar-refractivity contribution in [2.24, 2.45) is 0 Å². The summed E-state index contributed by atoms with van der Waals surface area (Å²) in [4.78, 5) is 26.0. The quantitative estimate of drug-likeness (QED) is 0.663. The van der Waals surface area contributed by atoms with Crippen molar-refractivity contribution in [1.82, 2.24) is 9.80 Å². The van der Waals surface area contributed by atoms with Crippen molar-refractivity contribution in [2.75, 3.05) is 26.2 Å². The van der Waals surface area contributed by atoms with Gasteiger partial charge in [0.2, 0.25) is 11.8 Å². The molecule has 0 aliphatic carbocycles. The normalized spacial score (nSPS) is 24.6. The van der Waals surface area contributed by atoms with Crippen molar-refractivity contribution in [3.8, 4) is 0 Å². The number of halogens is 1. The molecule has 2 saturated heterocycles. The molecule has 2 aliphatic heterocycles. The second kappa shape index (κ2) is 5.44. The summed E-state index contributed by atoms with van der Waals surface area (Å²) in [6.07, 6.45) is 1.76. The van der Waals surface area contributed by atoms with Gasteiger partial charge in [-0.05, 0) is 12.8 Å². The van der Waals surface area contributed by atoms with Crippen LogP contribution in [0, 0.1) is 0 Å². The van der Waals surface area contributed by atoms with Crippen molar-refractivity contribution < 1.29 is 21.9 Å². The van der Waals surface area contributed by atoms with Crippen LogP contribution in [-0.2, 0) is 19.8 Å². The Kier molecular flexibility index (Phi) is 4.07. The van der Waals surface area contributed by atoms with Crippen LogP contribution < -0.4 is 0 Å². The first kappa shape index (κ1) is 14.2. The van der Waals surface area contributed by atoms with E-state index in [9.17, 15) is 21.9 Å². The second-order valence-electron chi connectivity index (χ2n) is 4.98. The molecular weight excluding hydrogens is 275 g/mol. The Labute approximate surface area is 111 Å². The van der Waals surface area contributed by atoms with Crippen molar-refractivity contribution in [3.05, 3.63) is 0 Å². The highest BCUT2D eigenvalue weighted by Crippen LogP contribution is 2.20. The first-order valence-electron chi connectivity index (χ1n) is 6.37. The average Bonchev–Trinajstić information content (AvgIpc) is 2.86. The number of hydrogen-bond donors (Lipinski definition) is 0. The summed E-state index contributed by atoms with van der Waals surface area (Å²) in [7, 11) is -4.64. The maximum atomic E-state index is 12.8. The molecule has 2 heterocycles. The molecule has 0 N–H and O–H groups in total. The van der Waals surface area contributed by atoms with E-state index < -0.39 is 15.5 Å². The SMILES string of the molecule is O=C1CCCN1CCCN1CC(S(=O)(=O)F)CC1=O. The van der Waals surface area contributed by atoms with E-state index in [1.807, 2.05) is 0 Å². The first-order chi connectivity index (χ1) is 8.88. The van der Waals surface area contributed by atoms with Crippen molar-refractivity contribution in [3.63, 3.8) is 0 Å². The van der Waals surface area contributed by atoms with Gasteiger partial charge in [0.05, 0.1) is 0 Å². The molecule has 0 spiro atoms. The second-order valence-corrected chi connectivity index (χ2v) is 6.60. The van der Waals surface area contributed by atoms with Crippen LogP contribution in [0.1, 0.15) is 25.7 Å². The minimum Gasteiger partial charge on any atom is -0.343 e. The van der Waals surface area contributed by atoms with Crippen LogP contribution in [0.15, 0.2) is 0 Å². The lowest BCUT2D eigenvalue weighted by molar-refractivity contribution is -0.128. The number of nitrogens with zero attached hydrogens (tertiary/aromatic N) is 2. The number of hydrogen-bond acceptors (Lipinski definition) is 4. The molecule has 0 saturated carbocycles. The molecule has 108 valence electrons. The molecule has 6 nitrogen and oxygen atoms in total. The molecule has 2 amide bonds. The molecule has 2 rings (SSSR count). The summed E-state index contributed by atoms with van der Waals surface area (Å²) in [5.41, 5.74) is 0. The molecule has 2 aliphatic rings. The highest BCUT2D eigenvalue weighted by atomic mass is 32.3. The van der Waals surface area contributed by atoms with Gasteiger partial charge >= 0.3 is 10.2 Å². The monoisotopic (exact) mass is 292 g/mol. The fourth-order valence-corrected chi connectivity index (χ4v) is 3.23. The van der Waals surface area contributed by atoms with Gasteiger partial charge in [-0.15, -0.1) is 3.89 Å². The average molecular weight is 292 g/mol. The van der Waals surface area contributed by atoms with Gasteiger partial charge in [0.25, 0.3) is 0 Å². The van der Waals surface area contributed by atoms with Crippen LogP contribution in [0.2, 0.25) is 0 Å². The standard InChI is InChI=1S/C11H17FN2O4S/c12-19(17,18)9-7-11(16)14(8-9)6-2-5-13-4-1-3-10(13)15/h9H,1-8H2. The molecule has 2 fully saturated rings. The van der Waals surface area contributed by atoms with Gasteiger partial charge < -0.3 is 9.80 Å². The highest BCUT2D eigenvalue weighted by molar-refractivity contribution is 7.87. The minimum absolute atomic E-state index is 0.0778. The largest absolute Gasteiger partial charge is 0.343 e. The molecule has 1 atom stereocenters. The molecule has 0 aromatic carbocycles. The van der Waals surface area contributed by atoms with E-state index in [1.54, 1.807) is 4.90 Å². The molecule has 0 radical (unpaired) electrons. The van der Waals surface area contributed by atoms with Crippen LogP contribution in [-0.4, -0.2) is 61.5 Å². The number of likely N-dealkylation sites (tertiary alicyclic amines) is 2. The lowest BCUT2D eigenvalue weighted by Crippen LogP contribution is -2.32. The fraction of sp³-hybridized carbons (Fsp3) is 0.818. The summed E-state index contributed by atoms with van der Waals surface area (Å²) < 4.78 is 34.3. The van der Waals surface area contributed by atoms with Crippen LogP contribution in [0.4, 0.5) is 3.89 Å². The van der Waals surface area contributed by atoms with E-state index in [2.05, 4.69) is 0 Å². The van der Waals surface area contributed by atoms with E-state index in [1.165, 1.54) is 4.90 Å². The topological polar surface area (TPSA) is 74.8 Å². The highest BCUT2D eigenvalue weighted by Gasteiger charge is 2.38. The summed E-state index contributed by atoms with van der Waals surface area (Å²) in [5.74, 6) is -0.212. The molecular formula is C11H17FN2O4S. The van der Waals surface area contributed by atoms with Crippen LogP contribution >= 0.6 is 0 Å². The Morgan fingerprint density at radius 3 is 2.37 bits per heavy atom. The van der Waals surface area contributed by atoms with Crippen molar-refractivity contribution in [2.45, 2.75) is 30.9 Å². The maximum Gasteiger partial charge on any atom is 0.307 e. The fourth-order valence-electron chi connectivity index (χ4n) is 2.53. The minimum atomic E-state index is -4.64. The summed E-state index contributed by atoms with van der Waals surface area (Å²) in [5, 5.41) is -1.23. The molecule has 0 aromatic rings. The van der Waals surface area contributed by atoms with Crippen LogP contribution in [0.3, 0.4) is 0 Å². The first-order valence-corrected chi connectivity index (χ1v) is 7.81. The van der Waals surface area contributed by atoms with E-state index >= 15 is 0 Å². The predicted octanol–water partition coefficient (Wildman–Crippen LogP) is -0.101. The molecule has 0 bridgehead atoms. The van der Waals surface area contributed by atoms with E-state index in [0.29, 0.717) is 25.9 Å². The van der Waals surface area contributed by atoms with E-state index in [0.717, 1.165) is 13.0 Å². The Morgan fingerprint density at radius 1 is 1.16 bits per heavy atom. The number of carbonyl (C=O) groups is 2. The third-order valence-electron chi connectivity index (χ3n) is 3.60. The van der Waals surface area contributed by atoms with Gasteiger partial charge in [0.1, 0.15) is 5.25 Å². The number of rotatable bonds is 5. The molecule has 19 heavy (non-hydrogen) atoms. The van der Waals surface area contributed by atoms with Gasteiger partial charge in [0, 0.05) is 39.0 Å². The lowest BCUT2D eigenvalue weighted by Gasteiger charge is -2.19. The lowest BCUT2D eigenvalue weighted by atomic mass is 10.3. The van der Waals surface area contributed by atoms with Crippen LogP contribution in [0.5, 0.6) is 0 Å². The van der Waals surface area contributed by atoms with Crippen molar-refractivity contribution >= 4 is 22.0 Å².